The largest absolute Gasteiger partial charge is 0.336 e. The highest BCUT2D eigenvalue weighted by Gasteiger charge is 1.90. The first kappa shape index (κ1) is 6.04. The molecule has 0 aliphatic carbocycles. The van der Waals surface area contributed by atoms with Crippen molar-refractivity contribution in [3.05, 3.63) is 11.9 Å². The monoisotopic (exact) mass is 146 g/mol. The average Bonchev–Trinajstić information content (AvgIpc) is 2.14. The predicted octanol–water partition coefficient (Wildman–Crippen LogP) is 1.66. The smallest absolute Gasteiger partial charge is 0.176 e. The lowest BCUT2D eigenvalue weighted by molar-refractivity contribution is 1.05. The maximum absolute atomic E-state index is 3.97. The normalized spacial score (nSPS) is 9.75. The summed E-state index contributed by atoms with van der Waals surface area (Å²) in [6.07, 6.45) is 1.78. The van der Waals surface area contributed by atoms with Crippen LogP contribution in [0.2, 0.25) is 0 Å². The number of aromatic nitrogens is 2. The Labute approximate surface area is 56.9 Å². The summed E-state index contributed by atoms with van der Waals surface area (Å²) in [6, 6.07) is 0. The van der Waals surface area contributed by atoms with Gasteiger partial charge in [-0.25, -0.2) is 4.98 Å². The number of thiol groups is 1. The van der Waals surface area contributed by atoms with Crippen LogP contribution >= 0.6 is 22.5 Å². The van der Waals surface area contributed by atoms with Crippen molar-refractivity contribution >= 4 is 22.5 Å². The topological polar surface area (TPSA) is 28.7 Å². The molecule has 2 nitrogen and oxygen atoms in total. The van der Waals surface area contributed by atoms with E-state index in [4.69, 9.17) is 0 Å². The average molecular weight is 146 g/mol. The highest BCUT2D eigenvalue weighted by molar-refractivity contribution is 8.68. The third-order valence-electron chi connectivity index (χ3n) is 0.766. The molecule has 4 heteroatoms. The number of hydrogen-bond donors (Lipinski definition) is 2. The van der Waals surface area contributed by atoms with Gasteiger partial charge in [0, 0.05) is 11.9 Å². The summed E-state index contributed by atoms with van der Waals surface area (Å²) in [6.45, 7) is 1.96. The van der Waals surface area contributed by atoms with Gasteiger partial charge in [0.15, 0.2) is 5.16 Å². The van der Waals surface area contributed by atoms with Gasteiger partial charge in [-0.3, -0.25) is 0 Å². The second kappa shape index (κ2) is 2.46. The minimum atomic E-state index is 0.853. The van der Waals surface area contributed by atoms with Crippen LogP contribution in [0.5, 0.6) is 0 Å². The summed E-state index contributed by atoms with van der Waals surface area (Å²) in [4.78, 5) is 6.97. The SMILES string of the molecule is Cc1cnc(SS)[nH]1. The molecule has 0 radical (unpaired) electrons. The molecule has 0 aliphatic rings. The van der Waals surface area contributed by atoms with E-state index in [0.717, 1.165) is 10.9 Å². The van der Waals surface area contributed by atoms with E-state index in [9.17, 15) is 0 Å². The van der Waals surface area contributed by atoms with E-state index < -0.39 is 0 Å². The first-order chi connectivity index (χ1) is 3.83. The minimum absolute atomic E-state index is 0.853. The first-order valence-electron chi connectivity index (χ1n) is 2.16. The van der Waals surface area contributed by atoms with E-state index in [-0.39, 0.29) is 0 Å². The maximum Gasteiger partial charge on any atom is 0.176 e. The van der Waals surface area contributed by atoms with E-state index >= 15 is 0 Å². The van der Waals surface area contributed by atoms with Crippen molar-refractivity contribution in [3.63, 3.8) is 0 Å². The van der Waals surface area contributed by atoms with Gasteiger partial charge in [-0.2, -0.15) is 0 Å². The molecule has 0 spiro atoms. The molecule has 0 aromatic carbocycles. The molecule has 8 heavy (non-hydrogen) atoms. The van der Waals surface area contributed by atoms with Gasteiger partial charge in [0.2, 0.25) is 0 Å². The Hall–Kier alpha value is -0.0900. The number of H-pyrrole nitrogens is 1. The van der Waals surface area contributed by atoms with Gasteiger partial charge in [-0.1, -0.05) is 0 Å². The van der Waals surface area contributed by atoms with E-state index in [1.165, 1.54) is 10.8 Å². The molecule has 1 aromatic rings. The summed E-state index contributed by atoms with van der Waals surface area (Å²) < 4.78 is 0. The Morgan fingerprint density at radius 3 is 2.88 bits per heavy atom. The quantitative estimate of drug-likeness (QED) is 0.466. The Balaban J connectivity index is 2.84. The van der Waals surface area contributed by atoms with Crippen LogP contribution in [0, 0.1) is 6.92 Å². The van der Waals surface area contributed by atoms with Gasteiger partial charge in [-0.15, -0.1) is 11.7 Å². The van der Waals surface area contributed by atoms with Crippen molar-refractivity contribution in [1.29, 1.82) is 0 Å². The van der Waals surface area contributed by atoms with Crippen molar-refractivity contribution < 1.29 is 0 Å². The molecule has 0 aliphatic heterocycles. The molecule has 1 heterocycles. The fraction of sp³-hybridized carbons (Fsp3) is 0.250. The third-order valence-corrected chi connectivity index (χ3v) is 1.67. The molecule has 1 rings (SSSR count). The molecule has 0 fully saturated rings. The summed E-state index contributed by atoms with van der Waals surface area (Å²) >= 11 is 3.95. The number of imidazole rings is 1. The first-order valence-corrected chi connectivity index (χ1v) is 4.03. The van der Waals surface area contributed by atoms with Gasteiger partial charge in [0.05, 0.1) is 0 Å². The lowest BCUT2D eigenvalue weighted by Gasteiger charge is -1.80. The Morgan fingerprint density at radius 2 is 2.62 bits per heavy atom. The second-order valence-electron chi connectivity index (χ2n) is 1.46. The van der Waals surface area contributed by atoms with Gasteiger partial charge in [0.1, 0.15) is 0 Å². The molecule has 0 amide bonds. The van der Waals surface area contributed by atoms with Gasteiger partial charge < -0.3 is 4.98 Å². The zero-order valence-corrected chi connectivity index (χ0v) is 6.09. The van der Waals surface area contributed by atoms with Gasteiger partial charge in [-0.05, 0) is 17.7 Å². The van der Waals surface area contributed by atoms with Crippen molar-refractivity contribution in [2.75, 3.05) is 0 Å². The maximum atomic E-state index is 3.97. The number of aromatic amines is 1. The molecule has 1 N–H and O–H groups in total. The van der Waals surface area contributed by atoms with E-state index in [0.29, 0.717) is 0 Å². The summed E-state index contributed by atoms with van der Waals surface area (Å²) in [5.41, 5.74) is 1.07. The van der Waals surface area contributed by atoms with Crippen molar-refractivity contribution in [2.45, 2.75) is 12.1 Å². The molecular weight excluding hydrogens is 140 g/mol. The molecule has 0 unspecified atom stereocenters. The third kappa shape index (κ3) is 1.20. The van der Waals surface area contributed by atoms with Crippen LogP contribution in [-0.2, 0) is 0 Å². The molecule has 44 valence electrons. The molecule has 1 aromatic heterocycles. The highest BCUT2D eigenvalue weighted by Crippen LogP contribution is 2.15. The molecule has 0 bridgehead atoms. The number of hydrogen-bond acceptors (Lipinski definition) is 3. The van der Waals surface area contributed by atoms with Crippen LogP contribution in [-0.4, -0.2) is 9.97 Å². The second-order valence-corrected chi connectivity index (χ2v) is 2.58. The fourth-order valence-corrected chi connectivity index (χ4v) is 1.02. The Morgan fingerprint density at radius 1 is 1.88 bits per heavy atom. The Bertz CT molecular complexity index is 172. The summed E-state index contributed by atoms with van der Waals surface area (Å²) in [7, 11) is 1.32. The highest BCUT2D eigenvalue weighted by atomic mass is 33.1. The number of aryl methyl sites for hydroxylation is 1. The molecule has 0 saturated heterocycles. The predicted molar refractivity (Wildman–Crippen MR) is 38.2 cm³/mol. The lowest BCUT2D eigenvalue weighted by Crippen LogP contribution is -1.67. The zero-order valence-electron chi connectivity index (χ0n) is 4.38. The van der Waals surface area contributed by atoms with Crippen molar-refractivity contribution in [1.82, 2.24) is 9.97 Å². The lowest BCUT2D eigenvalue weighted by atomic mass is 10.6. The van der Waals surface area contributed by atoms with Gasteiger partial charge >= 0.3 is 0 Å². The van der Waals surface area contributed by atoms with E-state index in [1.807, 2.05) is 6.92 Å². The zero-order chi connectivity index (χ0) is 5.98. The summed E-state index contributed by atoms with van der Waals surface area (Å²) in [5.74, 6) is 0. The number of rotatable bonds is 1. The van der Waals surface area contributed by atoms with E-state index in [1.54, 1.807) is 6.20 Å². The van der Waals surface area contributed by atoms with Crippen molar-refractivity contribution in [2.24, 2.45) is 0 Å². The van der Waals surface area contributed by atoms with Crippen LogP contribution in [0.1, 0.15) is 5.69 Å². The Kier molecular flexibility index (Phi) is 1.85. The fourth-order valence-electron chi connectivity index (χ4n) is 0.435. The summed E-state index contributed by atoms with van der Waals surface area (Å²) in [5, 5.41) is 0.853. The van der Waals surface area contributed by atoms with Crippen LogP contribution in [0.25, 0.3) is 0 Å². The van der Waals surface area contributed by atoms with Crippen LogP contribution in [0.4, 0.5) is 0 Å². The number of nitrogens with zero attached hydrogens (tertiary/aromatic N) is 1. The standard InChI is InChI=1S/C4H6N2S2/c1-3-2-5-4(6-3)8-7/h2,7H,1H3,(H,5,6). The van der Waals surface area contributed by atoms with Crippen LogP contribution < -0.4 is 0 Å². The van der Waals surface area contributed by atoms with Crippen LogP contribution in [0.15, 0.2) is 11.4 Å². The molecule has 0 saturated carbocycles. The van der Waals surface area contributed by atoms with Gasteiger partial charge in [0.25, 0.3) is 0 Å². The molecular formula is C4H6N2S2. The van der Waals surface area contributed by atoms with Crippen molar-refractivity contribution in [3.8, 4) is 0 Å². The minimum Gasteiger partial charge on any atom is -0.336 e. The van der Waals surface area contributed by atoms with E-state index in [2.05, 4.69) is 21.6 Å². The molecule has 0 atom stereocenters. The van der Waals surface area contributed by atoms with Crippen LogP contribution in [0.3, 0.4) is 0 Å². The number of nitrogens with one attached hydrogen (secondary N) is 1.